The highest BCUT2D eigenvalue weighted by Crippen LogP contribution is 2.53. The summed E-state index contributed by atoms with van der Waals surface area (Å²) in [5, 5.41) is 38.7. The van der Waals surface area contributed by atoms with Crippen LogP contribution in [0.3, 0.4) is 0 Å². The highest BCUT2D eigenvalue weighted by Gasteiger charge is 2.59. The molecule has 0 bridgehead atoms. The number of hydrogen-bond donors (Lipinski definition) is 4. The first kappa shape index (κ1) is 22.1. The molecule has 10 heteroatoms. The maximum atomic E-state index is 14.8. The van der Waals surface area contributed by atoms with Crippen LogP contribution in [-0.2, 0) is 11.6 Å². The molecule has 0 atom stereocenters. The van der Waals surface area contributed by atoms with Gasteiger partial charge in [-0.25, -0.2) is 0 Å². The molecule has 31 heavy (non-hydrogen) atoms. The van der Waals surface area contributed by atoms with Crippen molar-refractivity contribution < 1.29 is 46.8 Å². The lowest BCUT2D eigenvalue weighted by atomic mass is 9.68. The van der Waals surface area contributed by atoms with E-state index >= 15 is 0 Å². The zero-order chi connectivity index (χ0) is 23.2. The van der Waals surface area contributed by atoms with E-state index in [2.05, 4.69) is 0 Å². The molecule has 3 aromatic rings. The number of rotatable bonds is 3. The predicted molar refractivity (Wildman–Crippen MR) is 96.9 cm³/mol. The highest BCUT2D eigenvalue weighted by molar-refractivity contribution is 5.58. The van der Waals surface area contributed by atoms with Crippen LogP contribution in [0.2, 0.25) is 0 Å². The Balaban J connectivity index is 2.49. The lowest BCUT2D eigenvalue weighted by Crippen LogP contribution is -2.44. The van der Waals surface area contributed by atoms with Gasteiger partial charge in [0.05, 0.1) is 5.56 Å². The van der Waals surface area contributed by atoms with Gasteiger partial charge in [0.25, 0.3) is 0 Å². The van der Waals surface area contributed by atoms with E-state index in [0.717, 1.165) is 36.4 Å². The molecule has 0 radical (unpaired) electrons. The van der Waals surface area contributed by atoms with Crippen LogP contribution in [0.1, 0.15) is 22.3 Å². The largest absolute Gasteiger partial charge is 0.504 e. The van der Waals surface area contributed by atoms with E-state index in [0.29, 0.717) is 24.3 Å². The molecular formula is C21H14F6O4. The maximum Gasteiger partial charge on any atom is 0.416 e. The van der Waals surface area contributed by atoms with Crippen LogP contribution >= 0.6 is 0 Å². The Morgan fingerprint density at radius 1 is 0.484 bits per heavy atom. The maximum absolute atomic E-state index is 14.8. The first-order valence-electron chi connectivity index (χ1n) is 8.58. The third-order valence-corrected chi connectivity index (χ3v) is 4.86. The molecule has 0 aliphatic heterocycles. The second kappa shape index (κ2) is 7.29. The summed E-state index contributed by atoms with van der Waals surface area (Å²) in [5.41, 5.74) is -6.95. The molecule has 0 amide bonds. The summed E-state index contributed by atoms with van der Waals surface area (Å²) < 4.78 is 84.1. The van der Waals surface area contributed by atoms with Crippen LogP contribution < -0.4 is 0 Å². The van der Waals surface area contributed by atoms with Crippen molar-refractivity contribution in [1.82, 2.24) is 0 Å². The van der Waals surface area contributed by atoms with E-state index in [1.165, 1.54) is 0 Å². The predicted octanol–water partition coefficient (Wildman–Crippen LogP) is 5.42. The lowest BCUT2D eigenvalue weighted by Gasteiger charge is -2.38. The van der Waals surface area contributed by atoms with Crippen LogP contribution in [0.25, 0.3) is 0 Å². The van der Waals surface area contributed by atoms with Gasteiger partial charge in [-0.1, -0.05) is 30.3 Å². The molecule has 0 spiro atoms. The summed E-state index contributed by atoms with van der Waals surface area (Å²) in [6.07, 6.45) is -10.2. The Labute approximate surface area is 171 Å². The van der Waals surface area contributed by atoms with Crippen molar-refractivity contribution >= 4 is 0 Å². The van der Waals surface area contributed by atoms with Crippen LogP contribution in [0, 0.1) is 0 Å². The normalized spacial score (nSPS) is 12.7. The van der Waals surface area contributed by atoms with Crippen molar-refractivity contribution in [1.29, 1.82) is 0 Å². The quantitative estimate of drug-likeness (QED) is 0.247. The molecular weight excluding hydrogens is 430 g/mol. The SMILES string of the molecule is Oc1ccc(C(c2cccc(C(F)(F)F)c2)(c2ccc(O)c(O)c2)C(F)(F)F)cc1O. The smallest absolute Gasteiger partial charge is 0.416 e. The Morgan fingerprint density at radius 2 is 0.903 bits per heavy atom. The molecule has 0 saturated heterocycles. The Hall–Kier alpha value is -3.56. The van der Waals surface area contributed by atoms with E-state index < -0.39 is 63.0 Å². The van der Waals surface area contributed by atoms with Crippen molar-refractivity contribution in [3.8, 4) is 23.0 Å². The lowest BCUT2D eigenvalue weighted by molar-refractivity contribution is -0.167. The van der Waals surface area contributed by atoms with Crippen molar-refractivity contribution in [3.63, 3.8) is 0 Å². The molecule has 0 heterocycles. The molecule has 0 saturated carbocycles. The minimum absolute atomic E-state index is 0.321. The van der Waals surface area contributed by atoms with Gasteiger partial charge < -0.3 is 20.4 Å². The molecule has 0 aliphatic carbocycles. The fourth-order valence-corrected chi connectivity index (χ4v) is 3.43. The van der Waals surface area contributed by atoms with Crippen molar-refractivity contribution in [2.45, 2.75) is 17.8 Å². The number of halogens is 6. The molecule has 3 rings (SSSR count). The fourth-order valence-electron chi connectivity index (χ4n) is 3.43. The van der Waals surface area contributed by atoms with Crippen LogP contribution in [0.4, 0.5) is 26.3 Å². The first-order chi connectivity index (χ1) is 14.3. The summed E-state index contributed by atoms with van der Waals surface area (Å²) in [5.74, 6) is -3.34. The van der Waals surface area contributed by atoms with Gasteiger partial charge in [0.1, 0.15) is 5.41 Å². The van der Waals surface area contributed by atoms with E-state index in [1.807, 2.05) is 0 Å². The molecule has 4 nitrogen and oxygen atoms in total. The summed E-state index contributed by atoms with van der Waals surface area (Å²) in [7, 11) is 0. The van der Waals surface area contributed by atoms with E-state index in [9.17, 15) is 46.8 Å². The second-order valence-corrected chi connectivity index (χ2v) is 6.73. The number of benzene rings is 3. The summed E-state index contributed by atoms with van der Waals surface area (Å²) in [6.45, 7) is 0. The summed E-state index contributed by atoms with van der Waals surface area (Å²) in [6, 6.07) is 6.84. The van der Waals surface area contributed by atoms with Crippen molar-refractivity contribution in [2.24, 2.45) is 0 Å². The molecule has 0 aliphatic rings. The van der Waals surface area contributed by atoms with Crippen molar-refractivity contribution in [3.05, 3.63) is 82.9 Å². The number of hydrogen-bond acceptors (Lipinski definition) is 4. The van der Waals surface area contributed by atoms with Crippen LogP contribution in [0.5, 0.6) is 23.0 Å². The molecule has 0 fully saturated rings. The van der Waals surface area contributed by atoms with Gasteiger partial charge >= 0.3 is 12.4 Å². The monoisotopic (exact) mass is 444 g/mol. The van der Waals surface area contributed by atoms with Crippen molar-refractivity contribution in [2.75, 3.05) is 0 Å². The van der Waals surface area contributed by atoms with Gasteiger partial charge in [-0.15, -0.1) is 0 Å². The minimum Gasteiger partial charge on any atom is -0.504 e. The zero-order valence-corrected chi connectivity index (χ0v) is 15.3. The molecule has 0 unspecified atom stereocenters. The zero-order valence-electron chi connectivity index (χ0n) is 15.3. The number of alkyl halides is 6. The van der Waals surface area contributed by atoms with E-state index in [1.54, 1.807) is 0 Å². The van der Waals surface area contributed by atoms with Gasteiger partial charge in [-0.3, -0.25) is 0 Å². The Morgan fingerprint density at radius 3 is 1.29 bits per heavy atom. The average molecular weight is 444 g/mol. The third kappa shape index (κ3) is 3.69. The number of phenols is 4. The molecule has 3 aromatic carbocycles. The standard InChI is InChI=1S/C21H14F6O4/c22-20(23,24)14-3-1-2-11(8-14)19(21(25,26)27,12-4-6-15(28)17(30)9-12)13-5-7-16(29)18(31)10-13/h1-10,28-31H. The van der Waals surface area contributed by atoms with Gasteiger partial charge in [0.15, 0.2) is 23.0 Å². The van der Waals surface area contributed by atoms with E-state index in [-0.39, 0.29) is 0 Å². The van der Waals surface area contributed by atoms with Crippen LogP contribution in [0.15, 0.2) is 60.7 Å². The molecule has 0 aromatic heterocycles. The van der Waals surface area contributed by atoms with Gasteiger partial charge in [0.2, 0.25) is 0 Å². The van der Waals surface area contributed by atoms with Gasteiger partial charge in [0, 0.05) is 0 Å². The topological polar surface area (TPSA) is 80.9 Å². The Bertz CT molecular complexity index is 1070. The molecule has 4 N–H and O–H groups in total. The van der Waals surface area contributed by atoms with Gasteiger partial charge in [-0.05, 0) is 47.0 Å². The van der Waals surface area contributed by atoms with E-state index in [4.69, 9.17) is 0 Å². The summed E-state index contributed by atoms with van der Waals surface area (Å²) in [4.78, 5) is 0. The minimum atomic E-state index is -5.29. The second-order valence-electron chi connectivity index (χ2n) is 6.73. The first-order valence-corrected chi connectivity index (χ1v) is 8.58. The number of phenolic OH excluding ortho intramolecular Hbond substituents is 4. The Kier molecular flexibility index (Phi) is 5.21. The molecule has 164 valence electrons. The van der Waals surface area contributed by atoms with Gasteiger partial charge in [-0.2, -0.15) is 26.3 Å². The number of aromatic hydroxyl groups is 4. The highest BCUT2D eigenvalue weighted by atomic mass is 19.4. The fraction of sp³-hybridized carbons (Fsp3) is 0.143. The third-order valence-electron chi connectivity index (χ3n) is 4.86. The average Bonchev–Trinajstić information content (AvgIpc) is 2.66. The van der Waals surface area contributed by atoms with Crippen LogP contribution in [-0.4, -0.2) is 26.6 Å². The summed E-state index contributed by atoms with van der Waals surface area (Å²) >= 11 is 0.